The number of anilines is 1. The molecule has 3 aromatic carbocycles. The van der Waals surface area contributed by atoms with Gasteiger partial charge in [0.25, 0.3) is 5.91 Å². The Morgan fingerprint density at radius 2 is 1.86 bits per heavy atom. The largest absolute Gasteiger partial charge is 0.329 e. The third-order valence-electron chi connectivity index (χ3n) is 8.06. The van der Waals surface area contributed by atoms with Gasteiger partial charge in [0.2, 0.25) is 5.91 Å². The molecule has 6 heteroatoms. The Labute approximate surface area is 210 Å². The average Bonchev–Trinajstić information content (AvgIpc) is 3.15. The van der Waals surface area contributed by atoms with Gasteiger partial charge in [-0.2, -0.15) is 0 Å². The number of nitrogens with one attached hydrogen (secondary N) is 1. The van der Waals surface area contributed by atoms with Crippen molar-refractivity contribution in [2.24, 2.45) is 0 Å². The van der Waals surface area contributed by atoms with E-state index < -0.39 is 6.04 Å². The first-order valence-corrected chi connectivity index (χ1v) is 12.8. The number of halogens is 1. The molecule has 0 aromatic heterocycles. The molecule has 0 aliphatic carbocycles. The maximum Gasteiger partial charge on any atom is 0.259 e. The Bertz CT molecular complexity index is 1410. The monoisotopic (exact) mass is 483 g/mol. The minimum atomic E-state index is -0.515. The zero-order chi connectivity index (χ0) is 25.0. The molecule has 2 fully saturated rings. The number of likely N-dealkylation sites (tertiary alicyclic amines) is 1. The topological polar surface area (TPSA) is 52.7 Å². The van der Waals surface area contributed by atoms with Crippen LogP contribution in [-0.4, -0.2) is 35.8 Å². The van der Waals surface area contributed by atoms with Crippen LogP contribution in [0.15, 0.2) is 60.8 Å². The second-order valence-corrected chi connectivity index (χ2v) is 10.4. The number of hydrogen-bond donors (Lipinski definition) is 1. The molecule has 3 aromatic rings. The van der Waals surface area contributed by atoms with Gasteiger partial charge in [-0.3, -0.25) is 19.4 Å². The van der Waals surface area contributed by atoms with Gasteiger partial charge in [0.05, 0.1) is 5.69 Å². The van der Waals surface area contributed by atoms with Crippen molar-refractivity contribution < 1.29 is 14.0 Å². The first-order chi connectivity index (χ1) is 17.4. The maximum atomic E-state index is 14.0. The highest BCUT2D eigenvalue weighted by atomic mass is 19.1. The fourth-order valence-electron chi connectivity index (χ4n) is 6.10. The summed E-state index contributed by atoms with van der Waals surface area (Å²) in [7, 11) is 0. The molecule has 1 N–H and O–H groups in total. The molecule has 6 rings (SSSR count). The Balaban J connectivity index is 1.24. The predicted octanol–water partition coefficient (Wildman–Crippen LogP) is 5.42. The van der Waals surface area contributed by atoms with Crippen LogP contribution in [0.4, 0.5) is 10.1 Å². The van der Waals surface area contributed by atoms with Crippen LogP contribution in [0.1, 0.15) is 58.6 Å². The maximum absolute atomic E-state index is 14.0. The van der Waals surface area contributed by atoms with Crippen molar-refractivity contribution in [3.8, 4) is 0 Å². The lowest BCUT2D eigenvalue weighted by atomic mass is 9.85. The van der Waals surface area contributed by atoms with E-state index in [0.29, 0.717) is 35.6 Å². The summed E-state index contributed by atoms with van der Waals surface area (Å²) >= 11 is 0. The van der Waals surface area contributed by atoms with Crippen LogP contribution in [0.2, 0.25) is 0 Å². The molecule has 3 heterocycles. The summed E-state index contributed by atoms with van der Waals surface area (Å²) in [5.74, 6) is -0.00807. The van der Waals surface area contributed by atoms with E-state index in [2.05, 4.69) is 28.9 Å². The highest BCUT2D eigenvalue weighted by Gasteiger charge is 2.40. The van der Waals surface area contributed by atoms with Crippen molar-refractivity contribution in [2.75, 3.05) is 18.0 Å². The smallest absolute Gasteiger partial charge is 0.259 e. The van der Waals surface area contributed by atoms with Crippen molar-refractivity contribution in [1.29, 1.82) is 0 Å². The average molecular weight is 484 g/mol. The molecule has 2 saturated heterocycles. The highest BCUT2D eigenvalue weighted by molar-refractivity contribution is 6.27. The van der Waals surface area contributed by atoms with Crippen molar-refractivity contribution in [3.05, 3.63) is 88.9 Å². The number of nitrogens with zero attached hydrogens (tertiary/aromatic N) is 2. The third-order valence-corrected chi connectivity index (χ3v) is 8.06. The zero-order valence-corrected chi connectivity index (χ0v) is 20.5. The molecule has 0 bridgehead atoms. The lowest BCUT2D eigenvalue weighted by molar-refractivity contribution is -0.122. The van der Waals surface area contributed by atoms with Crippen LogP contribution in [0.25, 0.3) is 10.8 Å². The lowest BCUT2D eigenvalue weighted by Gasteiger charge is -2.33. The molecule has 1 unspecified atom stereocenters. The Kier molecular flexibility index (Phi) is 5.64. The van der Waals surface area contributed by atoms with E-state index in [9.17, 15) is 14.0 Å². The first-order valence-electron chi connectivity index (χ1n) is 12.8. The zero-order valence-electron chi connectivity index (χ0n) is 20.5. The van der Waals surface area contributed by atoms with Gasteiger partial charge in [-0.1, -0.05) is 36.9 Å². The summed E-state index contributed by atoms with van der Waals surface area (Å²) in [6.45, 7) is 8.30. The van der Waals surface area contributed by atoms with Crippen LogP contribution in [-0.2, 0) is 11.3 Å². The second kappa shape index (κ2) is 8.86. The van der Waals surface area contributed by atoms with Crippen molar-refractivity contribution in [2.45, 2.75) is 51.1 Å². The Morgan fingerprint density at radius 3 is 2.61 bits per heavy atom. The van der Waals surface area contributed by atoms with Gasteiger partial charge < -0.3 is 5.32 Å². The van der Waals surface area contributed by atoms with Gasteiger partial charge in [-0.05, 0) is 91.9 Å². The van der Waals surface area contributed by atoms with Gasteiger partial charge in [0.1, 0.15) is 11.9 Å². The molecular weight excluding hydrogens is 453 g/mol. The summed E-state index contributed by atoms with van der Waals surface area (Å²) in [5, 5.41) is 4.90. The van der Waals surface area contributed by atoms with Gasteiger partial charge >= 0.3 is 0 Å². The van der Waals surface area contributed by atoms with E-state index in [1.54, 1.807) is 17.9 Å². The first kappa shape index (κ1) is 22.9. The molecular formula is C30H30FN3O2. The fraction of sp³-hybridized carbons (Fsp3) is 0.333. The Morgan fingerprint density at radius 1 is 1.06 bits per heavy atom. The molecule has 0 saturated carbocycles. The normalized spacial score (nSPS) is 20.9. The molecule has 5 nitrogen and oxygen atoms in total. The number of hydrogen-bond acceptors (Lipinski definition) is 3. The van der Waals surface area contributed by atoms with Gasteiger partial charge in [-0.15, -0.1) is 0 Å². The van der Waals surface area contributed by atoms with E-state index in [0.717, 1.165) is 54.5 Å². The van der Waals surface area contributed by atoms with Gasteiger partial charge in [0.15, 0.2) is 0 Å². The molecule has 3 aliphatic rings. The number of aryl methyl sites for hydroxylation is 1. The summed E-state index contributed by atoms with van der Waals surface area (Å²) in [5.41, 5.74) is 5.18. The van der Waals surface area contributed by atoms with E-state index in [4.69, 9.17) is 0 Å². The van der Waals surface area contributed by atoms with E-state index >= 15 is 0 Å². The standard InChI is InChI=1S/C30H30FN3O2/c1-18-6-8-20(16-25(18)31)17-33-14-12-21(13-15-33)22-9-10-24-28-23(22)4-3-5-26(28)34(30(24)36)27-11-7-19(2)32-29(27)35/h3-6,8-10,16,21,27H,2,7,11-15,17H2,1H3,(H,32,35). The van der Waals surface area contributed by atoms with Crippen LogP contribution < -0.4 is 10.2 Å². The minimum Gasteiger partial charge on any atom is -0.329 e. The van der Waals surface area contributed by atoms with E-state index in [1.807, 2.05) is 30.3 Å². The molecule has 1 atom stereocenters. The van der Waals surface area contributed by atoms with E-state index in [1.165, 1.54) is 5.56 Å². The van der Waals surface area contributed by atoms with Crippen molar-refractivity contribution >= 4 is 28.3 Å². The van der Waals surface area contributed by atoms with E-state index in [-0.39, 0.29) is 17.6 Å². The summed E-state index contributed by atoms with van der Waals surface area (Å²) in [6.07, 6.45) is 3.28. The van der Waals surface area contributed by atoms with Crippen LogP contribution in [0, 0.1) is 12.7 Å². The van der Waals surface area contributed by atoms with Gasteiger partial charge in [0, 0.05) is 23.2 Å². The van der Waals surface area contributed by atoms with Crippen LogP contribution >= 0.6 is 0 Å². The molecule has 2 amide bonds. The predicted molar refractivity (Wildman–Crippen MR) is 139 cm³/mol. The number of amides is 2. The number of benzene rings is 3. The quantitative estimate of drug-likeness (QED) is 0.539. The molecule has 0 spiro atoms. The minimum absolute atomic E-state index is 0.0967. The number of rotatable bonds is 4. The van der Waals surface area contributed by atoms with Crippen molar-refractivity contribution in [3.63, 3.8) is 0 Å². The second-order valence-electron chi connectivity index (χ2n) is 10.4. The number of carbonyl (C=O) groups is 2. The fourth-order valence-corrected chi connectivity index (χ4v) is 6.10. The number of allylic oxidation sites excluding steroid dienone is 1. The molecule has 0 radical (unpaired) electrons. The Hall–Kier alpha value is -3.51. The summed E-state index contributed by atoms with van der Waals surface area (Å²) in [6, 6.07) is 15.1. The lowest BCUT2D eigenvalue weighted by Crippen LogP contribution is -2.51. The highest BCUT2D eigenvalue weighted by Crippen LogP contribution is 2.44. The van der Waals surface area contributed by atoms with Crippen molar-refractivity contribution in [1.82, 2.24) is 10.2 Å². The summed E-state index contributed by atoms with van der Waals surface area (Å²) < 4.78 is 14.0. The molecule has 3 aliphatic heterocycles. The molecule has 36 heavy (non-hydrogen) atoms. The SMILES string of the molecule is C=C1CCC(N2C(=O)c3ccc(C4CCN(Cc5ccc(C)c(F)c5)CC4)c4cccc2c34)C(=O)N1. The summed E-state index contributed by atoms with van der Waals surface area (Å²) in [4.78, 5) is 30.2. The third kappa shape index (κ3) is 3.80. The number of piperidine rings is 2. The van der Waals surface area contributed by atoms with Gasteiger partial charge in [-0.25, -0.2) is 4.39 Å². The number of carbonyl (C=O) groups excluding carboxylic acids is 2. The van der Waals surface area contributed by atoms with Crippen LogP contribution in [0.3, 0.4) is 0 Å². The van der Waals surface area contributed by atoms with Crippen LogP contribution in [0.5, 0.6) is 0 Å². The molecule has 184 valence electrons.